The van der Waals surface area contributed by atoms with Crippen LogP contribution in [0.3, 0.4) is 0 Å². The first kappa shape index (κ1) is 17.8. The van der Waals surface area contributed by atoms with Crippen LogP contribution >= 0.6 is 0 Å². The van der Waals surface area contributed by atoms with E-state index in [4.69, 9.17) is 4.74 Å². The van der Waals surface area contributed by atoms with Crippen LogP contribution in [0.5, 0.6) is 5.75 Å². The van der Waals surface area contributed by atoms with E-state index in [2.05, 4.69) is 14.9 Å². The number of para-hydroxylation sites is 2. The molecule has 9 nitrogen and oxygen atoms in total. The number of nitro groups is 1. The van der Waals surface area contributed by atoms with Crippen LogP contribution in [0.1, 0.15) is 0 Å². The van der Waals surface area contributed by atoms with Crippen molar-refractivity contribution in [1.29, 1.82) is 0 Å². The second-order valence-electron chi connectivity index (χ2n) is 6.49. The Kier molecular flexibility index (Phi) is 4.56. The van der Waals surface area contributed by atoms with Crippen molar-refractivity contribution < 1.29 is 9.66 Å². The number of hydrogen-bond acceptors (Lipinski definition) is 7. The van der Waals surface area contributed by atoms with Crippen molar-refractivity contribution in [2.45, 2.75) is 0 Å². The minimum atomic E-state index is -0.451. The van der Waals surface area contributed by atoms with E-state index in [-0.39, 0.29) is 16.6 Å². The molecule has 1 N–H and O–H groups in total. The number of benzene rings is 2. The summed E-state index contributed by atoms with van der Waals surface area (Å²) in [6.07, 6.45) is 1.31. The van der Waals surface area contributed by atoms with Gasteiger partial charge in [0.15, 0.2) is 0 Å². The van der Waals surface area contributed by atoms with E-state index in [1.165, 1.54) is 12.4 Å². The molecule has 0 unspecified atom stereocenters. The Hall–Kier alpha value is -3.62. The Morgan fingerprint density at radius 3 is 2.46 bits per heavy atom. The first-order valence-electron chi connectivity index (χ1n) is 8.87. The summed E-state index contributed by atoms with van der Waals surface area (Å²) in [4.78, 5) is 33.9. The molecule has 1 aliphatic rings. The SMILES string of the molecule is COc1ccccc1N1CCN(c2cc3nc[nH]c(=O)c3cc2[N+](=O)[O-])CC1. The normalized spacial score (nSPS) is 14.3. The minimum Gasteiger partial charge on any atom is -0.495 e. The maximum absolute atomic E-state index is 12.0. The van der Waals surface area contributed by atoms with Crippen LogP contribution in [0.15, 0.2) is 47.5 Å². The number of H-pyrrole nitrogens is 1. The van der Waals surface area contributed by atoms with Gasteiger partial charge in [-0.25, -0.2) is 4.98 Å². The molecule has 9 heteroatoms. The summed E-state index contributed by atoms with van der Waals surface area (Å²) in [5.41, 5.74) is 1.45. The van der Waals surface area contributed by atoms with Crippen LogP contribution in [0.2, 0.25) is 0 Å². The molecule has 28 heavy (non-hydrogen) atoms. The Balaban J connectivity index is 1.64. The molecule has 0 radical (unpaired) electrons. The molecule has 1 fully saturated rings. The smallest absolute Gasteiger partial charge is 0.293 e. The second kappa shape index (κ2) is 7.18. The molecule has 0 amide bonds. The van der Waals surface area contributed by atoms with Crippen molar-refractivity contribution in [2.75, 3.05) is 43.1 Å². The topological polar surface area (TPSA) is 105 Å². The van der Waals surface area contributed by atoms with Crippen molar-refractivity contribution in [1.82, 2.24) is 9.97 Å². The van der Waals surface area contributed by atoms with Crippen LogP contribution in [0.4, 0.5) is 17.1 Å². The standard InChI is InChI=1S/C19H19N5O4/c1-28-18-5-3-2-4-15(18)22-6-8-23(9-7-22)16-11-14-13(10-17(16)24(26)27)19(25)21-12-20-14/h2-5,10-12H,6-9H2,1H3,(H,20,21,25). The third-order valence-corrected chi connectivity index (χ3v) is 4.98. The van der Waals surface area contributed by atoms with E-state index in [1.807, 2.05) is 29.2 Å². The molecule has 0 saturated carbocycles. The van der Waals surface area contributed by atoms with Gasteiger partial charge in [0.2, 0.25) is 0 Å². The van der Waals surface area contributed by atoms with E-state index in [0.29, 0.717) is 37.4 Å². The van der Waals surface area contributed by atoms with Gasteiger partial charge in [-0.3, -0.25) is 14.9 Å². The molecular weight excluding hydrogens is 362 g/mol. The van der Waals surface area contributed by atoms with Crippen LogP contribution in [-0.2, 0) is 0 Å². The Labute approximate surface area is 160 Å². The maximum Gasteiger partial charge on any atom is 0.293 e. The molecule has 1 aliphatic heterocycles. The number of methoxy groups -OCH3 is 1. The summed E-state index contributed by atoms with van der Waals surface area (Å²) >= 11 is 0. The fourth-order valence-corrected chi connectivity index (χ4v) is 3.57. The summed E-state index contributed by atoms with van der Waals surface area (Å²) in [6.45, 7) is 2.60. The van der Waals surface area contributed by atoms with E-state index in [0.717, 1.165) is 11.4 Å². The zero-order valence-electron chi connectivity index (χ0n) is 15.3. The lowest BCUT2D eigenvalue weighted by molar-refractivity contribution is -0.384. The Morgan fingerprint density at radius 1 is 1.11 bits per heavy atom. The largest absolute Gasteiger partial charge is 0.495 e. The number of hydrogen-bond donors (Lipinski definition) is 1. The fraction of sp³-hybridized carbons (Fsp3) is 0.263. The van der Waals surface area contributed by atoms with Crippen LogP contribution in [0, 0.1) is 10.1 Å². The highest BCUT2D eigenvalue weighted by Crippen LogP contribution is 2.34. The van der Waals surface area contributed by atoms with Crippen molar-refractivity contribution in [3.05, 3.63) is 63.2 Å². The van der Waals surface area contributed by atoms with Gasteiger partial charge >= 0.3 is 0 Å². The lowest BCUT2D eigenvalue weighted by atomic mass is 10.1. The number of aromatic amines is 1. The predicted octanol–water partition coefficient (Wildman–Crippen LogP) is 2.17. The number of nitro benzene ring substituents is 1. The number of anilines is 2. The van der Waals surface area contributed by atoms with Gasteiger partial charge in [-0.15, -0.1) is 0 Å². The molecule has 0 atom stereocenters. The zero-order chi connectivity index (χ0) is 19.7. The molecule has 1 aromatic heterocycles. The monoisotopic (exact) mass is 381 g/mol. The van der Waals surface area contributed by atoms with Gasteiger partial charge in [-0.2, -0.15) is 0 Å². The second-order valence-corrected chi connectivity index (χ2v) is 6.49. The molecule has 4 rings (SSSR count). The molecule has 0 aliphatic carbocycles. The Bertz CT molecular complexity index is 1090. The predicted molar refractivity (Wildman–Crippen MR) is 106 cm³/mol. The molecule has 0 spiro atoms. The molecule has 0 bridgehead atoms. The first-order valence-corrected chi connectivity index (χ1v) is 8.87. The average Bonchev–Trinajstić information content (AvgIpc) is 2.73. The summed E-state index contributed by atoms with van der Waals surface area (Å²) in [5, 5.41) is 11.8. The highest BCUT2D eigenvalue weighted by Gasteiger charge is 2.26. The number of ether oxygens (including phenoxy) is 1. The van der Waals surface area contributed by atoms with Crippen molar-refractivity contribution in [3.63, 3.8) is 0 Å². The molecule has 2 heterocycles. The van der Waals surface area contributed by atoms with Crippen LogP contribution in [0.25, 0.3) is 10.9 Å². The van der Waals surface area contributed by atoms with E-state index >= 15 is 0 Å². The van der Waals surface area contributed by atoms with Gasteiger partial charge in [0.25, 0.3) is 11.2 Å². The number of nitrogens with one attached hydrogen (secondary N) is 1. The van der Waals surface area contributed by atoms with E-state index in [9.17, 15) is 14.9 Å². The van der Waals surface area contributed by atoms with Gasteiger partial charge in [0, 0.05) is 32.2 Å². The van der Waals surface area contributed by atoms with Gasteiger partial charge < -0.3 is 19.5 Å². The molecule has 3 aromatic rings. The molecule has 2 aromatic carbocycles. The van der Waals surface area contributed by atoms with Crippen molar-refractivity contribution in [3.8, 4) is 5.75 Å². The highest BCUT2D eigenvalue weighted by atomic mass is 16.6. The molecule has 1 saturated heterocycles. The number of piperazine rings is 1. The number of fused-ring (bicyclic) bond motifs is 1. The lowest BCUT2D eigenvalue weighted by Crippen LogP contribution is -2.46. The van der Waals surface area contributed by atoms with Gasteiger partial charge in [-0.1, -0.05) is 12.1 Å². The molecular formula is C19H19N5O4. The summed E-state index contributed by atoms with van der Waals surface area (Å²) in [6, 6.07) is 10.7. The third-order valence-electron chi connectivity index (χ3n) is 4.98. The Morgan fingerprint density at radius 2 is 1.79 bits per heavy atom. The van der Waals surface area contributed by atoms with Crippen LogP contribution < -0.4 is 20.1 Å². The number of aromatic nitrogens is 2. The van der Waals surface area contributed by atoms with Gasteiger partial charge in [-0.05, 0) is 18.2 Å². The third kappa shape index (κ3) is 3.11. The quantitative estimate of drug-likeness (QED) is 0.545. The summed E-state index contributed by atoms with van der Waals surface area (Å²) in [5.74, 6) is 0.802. The average molecular weight is 381 g/mol. The van der Waals surface area contributed by atoms with Crippen molar-refractivity contribution in [2.24, 2.45) is 0 Å². The summed E-state index contributed by atoms with van der Waals surface area (Å²) < 4.78 is 5.43. The van der Waals surface area contributed by atoms with Crippen molar-refractivity contribution >= 4 is 28.0 Å². The van der Waals surface area contributed by atoms with Gasteiger partial charge in [0.1, 0.15) is 11.4 Å². The van der Waals surface area contributed by atoms with E-state index in [1.54, 1.807) is 13.2 Å². The highest BCUT2D eigenvalue weighted by molar-refractivity contribution is 5.87. The van der Waals surface area contributed by atoms with E-state index < -0.39 is 4.92 Å². The zero-order valence-corrected chi connectivity index (χ0v) is 15.3. The molecule has 144 valence electrons. The first-order chi connectivity index (χ1) is 13.6. The van der Waals surface area contributed by atoms with Gasteiger partial charge in [0.05, 0.1) is 35.0 Å². The fourth-order valence-electron chi connectivity index (χ4n) is 3.57. The lowest BCUT2D eigenvalue weighted by Gasteiger charge is -2.37. The number of nitrogens with zero attached hydrogens (tertiary/aromatic N) is 4. The minimum absolute atomic E-state index is 0.0864. The maximum atomic E-state index is 12.0. The number of rotatable bonds is 4. The van der Waals surface area contributed by atoms with Crippen LogP contribution in [-0.4, -0.2) is 48.2 Å². The summed E-state index contributed by atoms with van der Waals surface area (Å²) in [7, 11) is 1.64.